The Labute approximate surface area is 157 Å². The molecule has 0 fully saturated rings. The van der Waals surface area contributed by atoms with Gasteiger partial charge in [-0.25, -0.2) is 0 Å². The summed E-state index contributed by atoms with van der Waals surface area (Å²) in [7, 11) is 0. The summed E-state index contributed by atoms with van der Waals surface area (Å²) in [5.41, 5.74) is 1.75. The van der Waals surface area contributed by atoms with Crippen LogP contribution in [0.1, 0.15) is 52.6 Å². The minimum absolute atomic E-state index is 0.0745. The van der Waals surface area contributed by atoms with Gasteiger partial charge in [0, 0.05) is 40.2 Å². The standard InChI is InChI=1S/C21H21NO3S/c1-4-22(5-2)21(25)13(3)26-14-10-11-17-18(12-14)20(24)16-9-7-6-8-15(16)19(17)23/h6-13H,4-5H2,1-3H3. The first-order chi connectivity index (χ1) is 12.5. The lowest BCUT2D eigenvalue weighted by Crippen LogP contribution is -2.36. The first kappa shape index (κ1) is 18.4. The molecule has 5 heteroatoms. The van der Waals surface area contributed by atoms with E-state index in [4.69, 9.17) is 0 Å². The second kappa shape index (κ2) is 7.46. The first-order valence-corrected chi connectivity index (χ1v) is 9.63. The molecule has 0 saturated carbocycles. The van der Waals surface area contributed by atoms with Gasteiger partial charge >= 0.3 is 0 Å². The van der Waals surface area contributed by atoms with Crippen LogP contribution in [0, 0.1) is 0 Å². The van der Waals surface area contributed by atoms with Crippen LogP contribution in [-0.4, -0.2) is 40.7 Å². The Balaban J connectivity index is 1.89. The summed E-state index contributed by atoms with van der Waals surface area (Å²) in [5.74, 6) is -0.190. The second-order valence-electron chi connectivity index (χ2n) is 6.18. The van der Waals surface area contributed by atoms with E-state index in [1.807, 2.05) is 26.8 Å². The fourth-order valence-electron chi connectivity index (χ4n) is 3.20. The molecule has 1 aliphatic rings. The highest BCUT2D eigenvalue weighted by Crippen LogP contribution is 2.32. The zero-order valence-corrected chi connectivity index (χ0v) is 15.9. The quantitative estimate of drug-likeness (QED) is 0.644. The number of amides is 1. The fraction of sp³-hybridized carbons (Fsp3) is 0.286. The van der Waals surface area contributed by atoms with Crippen molar-refractivity contribution in [1.82, 2.24) is 4.90 Å². The van der Waals surface area contributed by atoms with Crippen molar-refractivity contribution in [1.29, 1.82) is 0 Å². The third-order valence-electron chi connectivity index (χ3n) is 4.63. The highest BCUT2D eigenvalue weighted by Gasteiger charge is 2.30. The Bertz CT molecular complexity index is 887. The zero-order chi connectivity index (χ0) is 18.8. The first-order valence-electron chi connectivity index (χ1n) is 8.75. The normalized spacial score (nSPS) is 13.8. The molecular weight excluding hydrogens is 346 g/mol. The van der Waals surface area contributed by atoms with Gasteiger partial charge < -0.3 is 4.90 Å². The zero-order valence-electron chi connectivity index (χ0n) is 15.1. The maximum absolute atomic E-state index is 12.8. The minimum atomic E-state index is -0.255. The summed E-state index contributed by atoms with van der Waals surface area (Å²) < 4.78 is 0. The predicted molar refractivity (Wildman–Crippen MR) is 103 cm³/mol. The molecule has 0 heterocycles. The van der Waals surface area contributed by atoms with Gasteiger partial charge in [0.15, 0.2) is 11.6 Å². The monoisotopic (exact) mass is 367 g/mol. The molecule has 3 rings (SSSR count). The van der Waals surface area contributed by atoms with Crippen LogP contribution in [0.5, 0.6) is 0 Å². The molecule has 1 unspecified atom stereocenters. The van der Waals surface area contributed by atoms with E-state index in [9.17, 15) is 14.4 Å². The molecule has 0 aliphatic heterocycles. The number of hydrogen-bond acceptors (Lipinski definition) is 4. The van der Waals surface area contributed by atoms with Gasteiger partial charge in [-0.1, -0.05) is 24.3 Å². The third kappa shape index (κ3) is 3.19. The van der Waals surface area contributed by atoms with Crippen LogP contribution >= 0.6 is 11.8 Å². The maximum Gasteiger partial charge on any atom is 0.235 e. The topological polar surface area (TPSA) is 54.5 Å². The lowest BCUT2D eigenvalue weighted by Gasteiger charge is -2.23. The second-order valence-corrected chi connectivity index (χ2v) is 7.60. The van der Waals surface area contributed by atoms with Crippen LogP contribution < -0.4 is 0 Å². The minimum Gasteiger partial charge on any atom is -0.342 e. The molecule has 0 N–H and O–H groups in total. The Kier molecular flexibility index (Phi) is 5.28. The van der Waals surface area contributed by atoms with E-state index >= 15 is 0 Å². The average molecular weight is 367 g/mol. The summed E-state index contributed by atoms with van der Waals surface area (Å²) >= 11 is 1.41. The third-order valence-corrected chi connectivity index (χ3v) is 5.71. The molecule has 1 atom stereocenters. The highest BCUT2D eigenvalue weighted by atomic mass is 32.2. The van der Waals surface area contributed by atoms with Gasteiger partial charge in [-0.2, -0.15) is 0 Å². The average Bonchev–Trinajstić information content (AvgIpc) is 2.67. The SMILES string of the molecule is CCN(CC)C(=O)C(C)Sc1ccc2c(c1)C(=O)c1ccccc1C2=O. The fourth-order valence-corrected chi connectivity index (χ4v) is 4.19. The number of hydrogen-bond donors (Lipinski definition) is 0. The van der Waals surface area contributed by atoms with Gasteiger partial charge in [-0.05, 0) is 39.0 Å². The molecule has 0 saturated heterocycles. The molecule has 1 aliphatic carbocycles. The van der Waals surface area contributed by atoms with Gasteiger partial charge in [0.05, 0.1) is 5.25 Å². The van der Waals surface area contributed by atoms with Gasteiger partial charge in [0.1, 0.15) is 0 Å². The van der Waals surface area contributed by atoms with Crippen LogP contribution in [0.25, 0.3) is 0 Å². The van der Waals surface area contributed by atoms with E-state index in [0.29, 0.717) is 35.3 Å². The lowest BCUT2D eigenvalue weighted by atomic mass is 9.84. The van der Waals surface area contributed by atoms with Crippen molar-refractivity contribution in [3.05, 3.63) is 64.7 Å². The predicted octanol–water partition coefficient (Wildman–Crippen LogP) is 3.81. The van der Waals surface area contributed by atoms with E-state index in [0.717, 1.165) is 4.90 Å². The molecule has 0 aromatic heterocycles. The number of carbonyl (C=O) groups is 3. The molecule has 0 radical (unpaired) electrons. The summed E-state index contributed by atoms with van der Waals surface area (Å²) in [4.78, 5) is 40.5. The van der Waals surface area contributed by atoms with Crippen molar-refractivity contribution >= 4 is 29.2 Å². The van der Waals surface area contributed by atoms with Crippen LogP contribution in [0.4, 0.5) is 0 Å². The Morgan fingerprint density at radius 2 is 1.46 bits per heavy atom. The molecule has 134 valence electrons. The van der Waals surface area contributed by atoms with Crippen molar-refractivity contribution in [3.8, 4) is 0 Å². The van der Waals surface area contributed by atoms with Crippen molar-refractivity contribution in [2.24, 2.45) is 0 Å². The maximum atomic E-state index is 12.8. The molecule has 2 aromatic rings. The molecule has 26 heavy (non-hydrogen) atoms. The number of nitrogens with zero attached hydrogens (tertiary/aromatic N) is 1. The van der Waals surface area contributed by atoms with Crippen molar-refractivity contribution < 1.29 is 14.4 Å². The summed E-state index contributed by atoms with van der Waals surface area (Å²) in [6.45, 7) is 7.13. The molecule has 4 nitrogen and oxygen atoms in total. The van der Waals surface area contributed by atoms with Crippen LogP contribution in [0.2, 0.25) is 0 Å². The van der Waals surface area contributed by atoms with E-state index in [1.54, 1.807) is 41.3 Å². The molecule has 0 bridgehead atoms. The molecular formula is C21H21NO3S. The van der Waals surface area contributed by atoms with E-state index in [1.165, 1.54) is 11.8 Å². The van der Waals surface area contributed by atoms with Gasteiger partial charge in [-0.3, -0.25) is 14.4 Å². The van der Waals surface area contributed by atoms with Crippen molar-refractivity contribution in [2.75, 3.05) is 13.1 Å². The van der Waals surface area contributed by atoms with Gasteiger partial charge in [-0.15, -0.1) is 11.8 Å². The summed E-state index contributed by atoms with van der Waals surface area (Å²) in [5, 5.41) is -0.255. The summed E-state index contributed by atoms with van der Waals surface area (Å²) in [6, 6.07) is 12.1. The summed E-state index contributed by atoms with van der Waals surface area (Å²) in [6.07, 6.45) is 0. The number of ketones is 2. The largest absolute Gasteiger partial charge is 0.342 e. The number of benzene rings is 2. The van der Waals surface area contributed by atoms with Crippen LogP contribution in [0.3, 0.4) is 0 Å². The van der Waals surface area contributed by atoms with E-state index in [-0.39, 0.29) is 22.7 Å². The molecule has 2 aromatic carbocycles. The highest BCUT2D eigenvalue weighted by molar-refractivity contribution is 8.00. The number of carbonyl (C=O) groups excluding carboxylic acids is 3. The number of thioether (sulfide) groups is 1. The van der Waals surface area contributed by atoms with Crippen molar-refractivity contribution in [3.63, 3.8) is 0 Å². The Hall–Kier alpha value is -2.40. The van der Waals surface area contributed by atoms with E-state index in [2.05, 4.69) is 0 Å². The number of fused-ring (bicyclic) bond motifs is 2. The molecule has 1 amide bonds. The Morgan fingerprint density at radius 3 is 2.04 bits per heavy atom. The smallest absolute Gasteiger partial charge is 0.235 e. The van der Waals surface area contributed by atoms with Crippen LogP contribution in [-0.2, 0) is 4.79 Å². The van der Waals surface area contributed by atoms with Crippen molar-refractivity contribution in [2.45, 2.75) is 30.9 Å². The van der Waals surface area contributed by atoms with Gasteiger partial charge in [0.2, 0.25) is 5.91 Å². The molecule has 0 spiro atoms. The Morgan fingerprint density at radius 1 is 0.923 bits per heavy atom. The van der Waals surface area contributed by atoms with Gasteiger partial charge in [0.25, 0.3) is 0 Å². The number of rotatable bonds is 5. The lowest BCUT2D eigenvalue weighted by molar-refractivity contribution is -0.129. The van der Waals surface area contributed by atoms with E-state index < -0.39 is 0 Å². The van der Waals surface area contributed by atoms with Crippen LogP contribution in [0.15, 0.2) is 47.4 Å².